The van der Waals surface area contributed by atoms with Gasteiger partial charge in [0, 0.05) is 20.7 Å². The van der Waals surface area contributed by atoms with E-state index in [0.717, 1.165) is 0 Å². The van der Waals surface area contributed by atoms with Crippen LogP contribution in [0.4, 0.5) is 11.6 Å². The summed E-state index contributed by atoms with van der Waals surface area (Å²) in [6, 6.07) is 0. The van der Waals surface area contributed by atoms with Gasteiger partial charge in [-0.15, -0.1) is 0 Å². The summed E-state index contributed by atoms with van der Waals surface area (Å²) in [6.07, 6.45) is 1.40. The maximum absolute atomic E-state index is 10.5. The smallest absolute Gasteiger partial charge is 0.383 e. The number of anilines is 1. The summed E-state index contributed by atoms with van der Waals surface area (Å²) in [5.41, 5.74) is 0. The molecular weight excluding hydrogens is 188 g/mol. The molecule has 0 aromatic carbocycles. The Bertz CT molecular complexity index is 323. The summed E-state index contributed by atoms with van der Waals surface area (Å²) < 4.78 is 6.38. The minimum atomic E-state index is -0.519. The first kappa shape index (κ1) is 10.5. The summed E-state index contributed by atoms with van der Waals surface area (Å²) >= 11 is 0. The van der Waals surface area contributed by atoms with Gasteiger partial charge in [0.2, 0.25) is 12.1 Å². The molecule has 1 aromatic rings. The zero-order chi connectivity index (χ0) is 10.6. The molecule has 0 saturated heterocycles. The first-order valence-corrected chi connectivity index (χ1v) is 4.05. The summed E-state index contributed by atoms with van der Waals surface area (Å²) in [7, 11) is 3.26. The van der Waals surface area contributed by atoms with Crippen LogP contribution in [0.5, 0.6) is 0 Å². The molecule has 1 heterocycles. The minimum absolute atomic E-state index is 0.163. The number of ether oxygens (including phenoxy) is 1. The van der Waals surface area contributed by atoms with Crippen molar-refractivity contribution in [2.75, 3.05) is 25.6 Å². The van der Waals surface area contributed by atoms with Crippen molar-refractivity contribution in [3.63, 3.8) is 0 Å². The molecule has 0 bridgehead atoms. The van der Waals surface area contributed by atoms with Crippen LogP contribution < -0.4 is 5.32 Å². The second kappa shape index (κ2) is 4.56. The highest BCUT2D eigenvalue weighted by Crippen LogP contribution is 2.20. The SMILES string of the molecule is COCCNc1c([N+](=O)[O-])ncn1C. The fourth-order valence-electron chi connectivity index (χ4n) is 1.03. The average Bonchev–Trinajstić information content (AvgIpc) is 2.48. The van der Waals surface area contributed by atoms with Crippen LogP contribution in [0.2, 0.25) is 0 Å². The van der Waals surface area contributed by atoms with Gasteiger partial charge in [0.15, 0.2) is 0 Å². The molecule has 0 spiro atoms. The summed E-state index contributed by atoms with van der Waals surface area (Å²) in [5.74, 6) is 0.232. The van der Waals surface area contributed by atoms with Gasteiger partial charge in [-0.05, 0) is 9.91 Å². The molecule has 1 rings (SSSR count). The first-order chi connectivity index (χ1) is 6.66. The van der Waals surface area contributed by atoms with Gasteiger partial charge in [-0.3, -0.25) is 4.57 Å². The van der Waals surface area contributed by atoms with E-state index in [2.05, 4.69) is 10.3 Å². The molecule has 0 aliphatic heterocycles. The second-order valence-corrected chi connectivity index (χ2v) is 2.70. The highest BCUT2D eigenvalue weighted by Gasteiger charge is 2.18. The largest absolute Gasteiger partial charge is 0.406 e. The van der Waals surface area contributed by atoms with Gasteiger partial charge < -0.3 is 20.2 Å². The minimum Gasteiger partial charge on any atom is -0.383 e. The van der Waals surface area contributed by atoms with Crippen molar-refractivity contribution in [1.82, 2.24) is 9.55 Å². The Balaban J connectivity index is 2.72. The zero-order valence-corrected chi connectivity index (χ0v) is 8.06. The van der Waals surface area contributed by atoms with Gasteiger partial charge in [-0.25, -0.2) is 0 Å². The number of nitrogens with zero attached hydrogens (tertiary/aromatic N) is 3. The van der Waals surface area contributed by atoms with E-state index in [9.17, 15) is 10.1 Å². The number of hydrogen-bond acceptors (Lipinski definition) is 5. The van der Waals surface area contributed by atoms with E-state index in [1.807, 2.05) is 0 Å². The monoisotopic (exact) mass is 200 g/mol. The molecule has 7 nitrogen and oxygen atoms in total. The lowest BCUT2D eigenvalue weighted by molar-refractivity contribution is -0.388. The van der Waals surface area contributed by atoms with Gasteiger partial charge in [-0.2, -0.15) is 0 Å². The Labute approximate surface area is 80.8 Å². The van der Waals surface area contributed by atoms with Crippen LogP contribution in [0, 0.1) is 10.1 Å². The number of nitrogens with one attached hydrogen (secondary N) is 1. The van der Waals surface area contributed by atoms with Crippen molar-refractivity contribution in [1.29, 1.82) is 0 Å². The third-order valence-electron chi connectivity index (χ3n) is 1.69. The lowest BCUT2D eigenvalue weighted by Gasteiger charge is -2.04. The molecule has 14 heavy (non-hydrogen) atoms. The highest BCUT2D eigenvalue weighted by atomic mass is 16.6. The lowest BCUT2D eigenvalue weighted by atomic mass is 10.6. The van der Waals surface area contributed by atoms with E-state index >= 15 is 0 Å². The van der Waals surface area contributed by atoms with Crippen LogP contribution in [-0.2, 0) is 11.8 Å². The van der Waals surface area contributed by atoms with Crippen molar-refractivity contribution in [3.05, 3.63) is 16.4 Å². The van der Waals surface area contributed by atoms with Gasteiger partial charge in [-0.1, -0.05) is 0 Å². The maximum atomic E-state index is 10.5. The fraction of sp³-hybridized carbons (Fsp3) is 0.571. The Kier molecular flexibility index (Phi) is 3.41. The van der Waals surface area contributed by atoms with E-state index in [1.54, 1.807) is 18.7 Å². The number of nitro groups is 1. The molecule has 0 fully saturated rings. The van der Waals surface area contributed by atoms with Gasteiger partial charge in [0.25, 0.3) is 0 Å². The predicted octanol–water partition coefficient (Wildman–Crippen LogP) is 0.387. The van der Waals surface area contributed by atoms with E-state index in [0.29, 0.717) is 19.0 Å². The number of rotatable bonds is 5. The molecule has 0 radical (unpaired) electrons. The van der Waals surface area contributed by atoms with Crippen molar-refractivity contribution in [2.45, 2.75) is 0 Å². The number of hydrogen-bond donors (Lipinski definition) is 1. The molecule has 78 valence electrons. The Hall–Kier alpha value is -1.63. The molecule has 1 aromatic heterocycles. The third-order valence-corrected chi connectivity index (χ3v) is 1.69. The van der Waals surface area contributed by atoms with Crippen LogP contribution in [0.3, 0.4) is 0 Å². The molecule has 7 heteroatoms. The van der Waals surface area contributed by atoms with Gasteiger partial charge in [0.1, 0.15) is 0 Å². The molecule has 0 amide bonds. The van der Waals surface area contributed by atoms with E-state index in [4.69, 9.17) is 4.74 Å². The van der Waals surface area contributed by atoms with E-state index in [1.165, 1.54) is 6.33 Å². The first-order valence-electron chi connectivity index (χ1n) is 4.05. The van der Waals surface area contributed by atoms with Gasteiger partial charge >= 0.3 is 5.82 Å². The molecular formula is C7H12N4O3. The zero-order valence-electron chi connectivity index (χ0n) is 8.06. The summed E-state index contributed by atoms with van der Waals surface area (Å²) in [5, 5.41) is 13.4. The van der Waals surface area contributed by atoms with Crippen LogP contribution >= 0.6 is 0 Å². The summed E-state index contributed by atoms with van der Waals surface area (Å²) in [6.45, 7) is 0.999. The van der Waals surface area contributed by atoms with Crippen molar-refractivity contribution < 1.29 is 9.66 Å². The number of aromatic nitrogens is 2. The summed E-state index contributed by atoms with van der Waals surface area (Å²) in [4.78, 5) is 13.7. The Morgan fingerprint density at radius 3 is 3.07 bits per heavy atom. The number of aryl methyl sites for hydroxylation is 1. The van der Waals surface area contributed by atoms with E-state index < -0.39 is 4.92 Å². The van der Waals surface area contributed by atoms with Crippen LogP contribution in [0.25, 0.3) is 0 Å². The highest BCUT2D eigenvalue weighted by molar-refractivity contribution is 5.51. The molecule has 0 aliphatic rings. The van der Waals surface area contributed by atoms with Crippen LogP contribution in [0.15, 0.2) is 6.33 Å². The third kappa shape index (κ3) is 2.19. The molecule has 0 unspecified atom stereocenters. The fourth-order valence-corrected chi connectivity index (χ4v) is 1.03. The number of imidazole rings is 1. The Morgan fingerprint density at radius 1 is 1.79 bits per heavy atom. The lowest BCUT2D eigenvalue weighted by Crippen LogP contribution is -2.11. The van der Waals surface area contributed by atoms with Crippen LogP contribution in [0.1, 0.15) is 0 Å². The van der Waals surface area contributed by atoms with Crippen molar-refractivity contribution in [2.24, 2.45) is 7.05 Å². The topological polar surface area (TPSA) is 82.2 Å². The average molecular weight is 200 g/mol. The van der Waals surface area contributed by atoms with Crippen molar-refractivity contribution >= 4 is 11.6 Å². The molecule has 1 N–H and O–H groups in total. The van der Waals surface area contributed by atoms with Gasteiger partial charge in [0.05, 0.1) is 6.61 Å². The number of methoxy groups -OCH3 is 1. The Morgan fingerprint density at radius 2 is 2.50 bits per heavy atom. The van der Waals surface area contributed by atoms with Crippen LogP contribution in [-0.4, -0.2) is 34.7 Å². The standard InChI is InChI=1S/C7H12N4O3/c1-10-5-9-7(11(12)13)6(10)8-3-4-14-2/h5,8H,3-4H2,1-2H3. The quantitative estimate of drug-likeness (QED) is 0.422. The maximum Gasteiger partial charge on any atom is 0.406 e. The van der Waals surface area contributed by atoms with Crippen molar-refractivity contribution in [3.8, 4) is 0 Å². The van der Waals surface area contributed by atoms with E-state index in [-0.39, 0.29) is 5.82 Å². The molecule has 0 atom stereocenters. The predicted molar refractivity (Wildman–Crippen MR) is 50.2 cm³/mol. The molecule has 0 saturated carbocycles. The molecule has 0 aliphatic carbocycles. The second-order valence-electron chi connectivity index (χ2n) is 2.70. The normalized spacial score (nSPS) is 10.1.